The van der Waals surface area contributed by atoms with Gasteiger partial charge in [-0.1, -0.05) is 25.1 Å². The zero-order chi connectivity index (χ0) is 19.6. The van der Waals surface area contributed by atoms with Crippen molar-refractivity contribution in [2.24, 2.45) is 0 Å². The molecule has 0 unspecified atom stereocenters. The maximum atomic E-state index is 12.8. The predicted molar refractivity (Wildman–Crippen MR) is 108 cm³/mol. The van der Waals surface area contributed by atoms with Crippen molar-refractivity contribution in [1.29, 1.82) is 0 Å². The molecule has 28 heavy (non-hydrogen) atoms. The Labute approximate surface area is 165 Å². The number of carbonyl (C=O) groups is 1. The molecular formula is C22H27N3O3. The second-order valence-corrected chi connectivity index (χ2v) is 7.42. The number of aryl methyl sites for hydroxylation is 2. The summed E-state index contributed by atoms with van der Waals surface area (Å²) in [5.41, 5.74) is 4.13. The number of hydrogen-bond donors (Lipinski definition) is 1. The highest BCUT2D eigenvalue weighted by Crippen LogP contribution is 2.32. The lowest BCUT2D eigenvalue weighted by Crippen LogP contribution is -2.47. The largest absolute Gasteiger partial charge is 0.347 e. The summed E-state index contributed by atoms with van der Waals surface area (Å²) < 4.78 is 11.5. The van der Waals surface area contributed by atoms with Crippen LogP contribution in [0.4, 0.5) is 11.5 Å². The third-order valence-electron chi connectivity index (χ3n) is 5.63. The molecule has 1 N–H and O–H groups in total. The Morgan fingerprint density at radius 1 is 1.18 bits per heavy atom. The van der Waals surface area contributed by atoms with E-state index in [9.17, 15) is 4.79 Å². The normalized spacial score (nSPS) is 18.4. The summed E-state index contributed by atoms with van der Waals surface area (Å²) in [5, 5.41) is 3.40. The molecule has 1 aromatic carbocycles. The summed E-state index contributed by atoms with van der Waals surface area (Å²) in [6.45, 7) is 6.80. The predicted octanol–water partition coefficient (Wildman–Crippen LogP) is 3.68. The van der Waals surface area contributed by atoms with Crippen LogP contribution in [0.3, 0.4) is 0 Å². The Balaban J connectivity index is 1.41. The number of benzene rings is 1. The molecular weight excluding hydrogens is 354 g/mol. The van der Waals surface area contributed by atoms with Crippen LogP contribution in [0, 0.1) is 6.92 Å². The van der Waals surface area contributed by atoms with Gasteiger partial charge in [-0.05, 0) is 36.6 Å². The van der Waals surface area contributed by atoms with Crippen LogP contribution in [0.1, 0.15) is 41.3 Å². The molecule has 4 rings (SSSR count). The fourth-order valence-corrected chi connectivity index (χ4v) is 3.94. The van der Waals surface area contributed by atoms with Crippen molar-refractivity contribution in [3.05, 3.63) is 53.2 Å². The van der Waals surface area contributed by atoms with Gasteiger partial charge in [0.15, 0.2) is 5.79 Å². The highest BCUT2D eigenvalue weighted by Gasteiger charge is 2.40. The van der Waals surface area contributed by atoms with Crippen LogP contribution < -0.4 is 5.32 Å². The number of ether oxygens (including phenoxy) is 2. The number of aromatic nitrogens is 1. The first-order valence-corrected chi connectivity index (χ1v) is 9.99. The first-order valence-electron chi connectivity index (χ1n) is 9.99. The van der Waals surface area contributed by atoms with E-state index >= 15 is 0 Å². The average molecular weight is 381 g/mol. The minimum atomic E-state index is -0.465. The molecule has 148 valence electrons. The van der Waals surface area contributed by atoms with E-state index < -0.39 is 5.79 Å². The number of anilines is 2. The van der Waals surface area contributed by atoms with Crippen molar-refractivity contribution in [2.45, 2.75) is 38.9 Å². The number of amides is 1. The molecule has 2 aliphatic rings. The van der Waals surface area contributed by atoms with Crippen LogP contribution in [0.15, 0.2) is 36.5 Å². The molecule has 2 aliphatic heterocycles. The number of carbonyl (C=O) groups excluding carboxylic acids is 1. The molecule has 1 amide bonds. The second-order valence-electron chi connectivity index (χ2n) is 7.42. The van der Waals surface area contributed by atoms with E-state index in [1.54, 1.807) is 6.20 Å². The van der Waals surface area contributed by atoms with Crippen molar-refractivity contribution in [3.8, 4) is 0 Å². The van der Waals surface area contributed by atoms with Crippen LogP contribution in [0.2, 0.25) is 0 Å². The van der Waals surface area contributed by atoms with Gasteiger partial charge in [0.2, 0.25) is 0 Å². The van der Waals surface area contributed by atoms with E-state index in [0.717, 1.165) is 30.8 Å². The number of pyridine rings is 1. The molecule has 1 aromatic heterocycles. The van der Waals surface area contributed by atoms with Crippen LogP contribution >= 0.6 is 0 Å². The molecule has 0 bridgehead atoms. The summed E-state index contributed by atoms with van der Waals surface area (Å²) in [7, 11) is 0. The van der Waals surface area contributed by atoms with Gasteiger partial charge < -0.3 is 19.7 Å². The summed E-state index contributed by atoms with van der Waals surface area (Å²) in [6.07, 6.45) is 4.05. The van der Waals surface area contributed by atoms with Gasteiger partial charge >= 0.3 is 0 Å². The summed E-state index contributed by atoms with van der Waals surface area (Å²) >= 11 is 0. The minimum absolute atomic E-state index is 0.0111. The number of nitrogens with zero attached hydrogens (tertiary/aromatic N) is 2. The second kappa shape index (κ2) is 7.89. The molecule has 6 nitrogen and oxygen atoms in total. The van der Waals surface area contributed by atoms with Gasteiger partial charge in [0.25, 0.3) is 5.91 Å². The number of para-hydroxylation sites is 1. The van der Waals surface area contributed by atoms with E-state index in [1.807, 2.05) is 17.0 Å². The average Bonchev–Trinajstić information content (AvgIpc) is 3.18. The molecule has 0 aliphatic carbocycles. The quantitative estimate of drug-likeness (QED) is 0.875. The zero-order valence-electron chi connectivity index (χ0n) is 16.5. The van der Waals surface area contributed by atoms with Gasteiger partial charge in [0, 0.05) is 37.8 Å². The standard InChI is InChI=1S/C22H27N3O3/c1-3-17-6-4-5-16(2)20(17)24-19-8-7-18(15-23-19)21(26)25-11-9-22(10-12-25)27-13-14-28-22/h4-8,15H,3,9-14H2,1-2H3,(H,23,24). The molecule has 2 saturated heterocycles. The lowest BCUT2D eigenvalue weighted by Gasteiger charge is -2.37. The van der Waals surface area contributed by atoms with Crippen LogP contribution in [0.25, 0.3) is 0 Å². The Kier molecular flexibility index (Phi) is 5.33. The zero-order valence-corrected chi connectivity index (χ0v) is 16.5. The molecule has 1 spiro atoms. The lowest BCUT2D eigenvalue weighted by molar-refractivity contribution is -0.181. The smallest absolute Gasteiger partial charge is 0.255 e. The molecule has 0 atom stereocenters. The molecule has 3 heterocycles. The lowest BCUT2D eigenvalue weighted by atomic mass is 10.0. The van der Waals surface area contributed by atoms with Crippen molar-refractivity contribution >= 4 is 17.4 Å². The van der Waals surface area contributed by atoms with Crippen molar-refractivity contribution in [3.63, 3.8) is 0 Å². The number of likely N-dealkylation sites (tertiary alicyclic amines) is 1. The van der Waals surface area contributed by atoms with E-state index in [1.165, 1.54) is 11.1 Å². The van der Waals surface area contributed by atoms with Gasteiger partial charge in [-0.2, -0.15) is 0 Å². The third-order valence-corrected chi connectivity index (χ3v) is 5.63. The van der Waals surface area contributed by atoms with E-state index in [4.69, 9.17) is 9.47 Å². The Morgan fingerprint density at radius 3 is 2.57 bits per heavy atom. The Morgan fingerprint density at radius 2 is 1.93 bits per heavy atom. The number of piperidine rings is 1. The first kappa shape index (κ1) is 18.9. The van der Waals surface area contributed by atoms with Crippen LogP contribution in [-0.4, -0.2) is 47.9 Å². The number of rotatable bonds is 4. The molecule has 6 heteroatoms. The van der Waals surface area contributed by atoms with Crippen LogP contribution in [-0.2, 0) is 15.9 Å². The van der Waals surface area contributed by atoms with Gasteiger partial charge in [-0.25, -0.2) is 4.98 Å². The summed E-state index contributed by atoms with van der Waals surface area (Å²) in [4.78, 5) is 19.1. The summed E-state index contributed by atoms with van der Waals surface area (Å²) in [5.74, 6) is 0.288. The van der Waals surface area contributed by atoms with E-state index in [0.29, 0.717) is 31.9 Å². The fourth-order valence-electron chi connectivity index (χ4n) is 3.94. The fraction of sp³-hybridized carbons (Fsp3) is 0.455. The Hall–Kier alpha value is -2.44. The molecule has 0 saturated carbocycles. The molecule has 2 aromatic rings. The minimum Gasteiger partial charge on any atom is -0.347 e. The summed E-state index contributed by atoms with van der Waals surface area (Å²) in [6, 6.07) is 9.98. The Bertz CT molecular complexity index is 835. The SMILES string of the molecule is CCc1cccc(C)c1Nc1ccc(C(=O)N2CCC3(CC2)OCCO3)cn1. The monoisotopic (exact) mass is 381 g/mol. The number of hydrogen-bond acceptors (Lipinski definition) is 5. The van der Waals surface area contributed by atoms with Gasteiger partial charge in [-0.15, -0.1) is 0 Å². The van der Waals surface area contributed by atoms with Gasteiger partial charge in [0.1, 0.15) is 5.82 Å². The third kappa shape index (κ3) is 3.75. The number of nitrogens with one attached hydrogen (secondary N) is 1. The maximum Gasteiger partial charge on any atom is 0.255 e. The highest BCUT2D eigenvalue weighted by atomic mass is 16.7. The first-order chi connectivity index (χ1) is 13.6. The maximum absolute atomic E-state index is 12.8. The van der Waals surface area contributed by atoms with Crippen molar-refractivity contribution in [1.82, 2.24) is 9.88 Å². The van der Waals surface area contributed by atoms with Crippen molar-refractivity contribution in [2.75, 3.05) is 31.6 Å². The topological polar surface area (TPSA) is 63.7 Å². The van der Waals surface area contributed by atoms with E-state index in [-0.39, 0.29) is 5.91 Å². The van der Waals surface area contributed by atoms with Gasteiger partial charge in [0.05, 0.1) is 18.8 Å². The van der Waals surface area contributed by atoms with Crippen LogP contribution in [0.5, 0.6) is 0 Å². The molecule has 0 radical (unpaired) electrons. The van der Waals surface area contributed by atoms with Gasteiger partial charge in [-0.3, -0.25) is 4.79 Å². The highest BCUT2D eigenvalue weighted by molar-refractivity contribution is 5.94. The molecule has 2 fully saturated rings. The van der Waals surface area contributed by atoms with E-state index in [2.05, 4.69) is 42.3 Å². The van der Waals surface area contributed by atoms with Crippen molar-refractivity contribution < 1.29 is 14.3 Å².